The number of rotatable bonds is 3. The summed E-state index contributed by atoms with van der Waals surface area (Å²) in [5.41, 5.74) is 5.13. The second-order valence-electron chi connectivity index (χ2n) is 9.34. The van der Waals surface area contributed by atoms with Crippen LogP contribution in [0.5, 0.6) is 5.75 Å². The zero-order valence-electron chi connectivity index (χ0n) is 20.4. The van der Waals surface area contributed by atoms with Gasteiger partial charge in [-0.05, 0) is 77.9 Å². The third kappa shape index (κ3) is 9.93. The number of ether oxygens (including phenoxy) is 3. The predicted molar refractivity (Wildman–Crippen MR) is 134 cm³/mol. The molecule has 0 fully saturated rings. The molecule has 2 aromatic rings. The van der Waals surface area contributed by atoms with E-state index in [1.54, 1.807) is 41.5 Å². The number of guanidine groups is 1. The molecule has 35 heavy (non-hydrogen) atoms. The van der Waals surface area contributed by atoms with Crippen molar-refractivity contribution in [3.8, 4) is 5.75 Å². The molecule has 188 valence electrons. The Bertz CT molecular complexity index is 1120. The lowest BCUT2D eigenvalue weighted by atomic mass is 10.2. The number of nitrogens with one attached hydrogen (secondary N) is 2. The molecule has 0 atom stereocenters. The van der Waals surface area contributed by atoms with Crippen molar-refractivity contribution in [3.63, 3.8) is 0 Å². The minimum atomic E-state index is -0.918. The van der Waals surface area contributed by atoms with Crippen LogP contribution in [0, 0.1) is 0 Å². The number of hydrogen-bond donors (Lipinski definition) is 3. The molecule has 0 radical (unpaired) electrons. The van der Waals surface area contributed by atoms with Gasteiger partial charge in [0.25, 0.3) is 0 Å². The van der Waals surface area contributed by atoms with Crippen LogP contribution in [0.25, 0.3) is 0 Å². The van der Waals surface area contributed by atoms with Gasteiger partial charge in [0.2, 0.25) is 5.96 Å². The zero-order chi connectivity index (χ0) is 26.4. The average Bonchev–Trinajstić information content (AvgIpc) is 2.68. The number of alkyl carbamates (subject to hydrolysis) is 1. The summed E-state index contributed by atoms with van der Waals surface area (Å²) in [4.78, 5) is 40.6. The summed E-state index contributed by atoms with van der Waals surface area (Å²) < 4.78 is 15.7. The maximum Gasteiger partial charge on any atom is 0.437 e. The Morgan fingerprint density at radius 2 is 1.51 bits per heavy atom. The minimum Gasteiger partial charge on any atom is -0.444 e. The van der Waals surface area contributed by atoms with Gasteiger partial charge < -0.3 is 25.3 Å². The van der Waals surface area contributed by atoms with Gasteiger partial charge in [0, 0.05) is 11.8 Å². The van der Waals surface area contributed by atoms with Gasteiger partial charge in [0.05, 0.1) is 16.3 Å². The molecule has 2 rings (SSSR count). The Balaban J connectivity index is 2.15. The van der Waals surface area contributed by atoms with E-state index in [1.807, 2.05) is 0 Å². The fourth-order valence-corrected chi connectivity index (χ4v) is 2.60. The van der Waals surface area contributed by atoms with Crippen molar-refractivity contribution in [1.29, 1.82) is 0 Å². The molecule has 10 nitrogen and oxygen atoms in total. The molecule has 2 amide bonds. The molecule has 0 aliphatic carbocycles. The quantitative estimate of drug-likeness (QED) is 0.166. The fourth-order valence-electron chi connectivity index (χ4n) is 2.43. The number of nitrogens with zero attached hydrogens (tertiary/aromatic N) is 1. The number of esters is 1. The normalized spacial score (nSPS) is 11.9. The number of amides is 2. The van der Waals surface area contributed by atoms with E-state index in [1.165, 1.54) is 42.5 Å². The highest BCUT2D eigenvalue weighted by molar-refractivity contribution is 6.33. The smallest absolute Gasteiger partial charge is 0.437 e. The Kier molecular flexibility index (Phi) is 8.70. The highest BCUT2D eigenvalue weighted by Crippen LogP contribution is 2.25. The SMILES string of the molecule is CC(C)(C)OC(=O)/N=C(\NC(=O)OC(C)(C)C)Nc1ccc(C(=O)Oc2ccc(N)c(Cl)c2)cc1. The third-order valence-corrected chi connectivity index (χ3v) is 4.11. The average molecular weight is 505 g/mol. The van der Waals surface area contributed by atoms with Gasteiger partial charge in [-0.15, -0.1) is 4.99 Å². The number of anilines is 2. The molecule has 4 N–H and O–H groups in total. The molecule has 0 heterocycles. The standard InChI is InChI=1S/C24H29ClN4O6/c1-23(2,3)34-21(31)28-20(29-22(32)35-24(4,5)6)27-15-9-7-14(8-10-15)19(30)33-16-11-12-18(26)17(25)13-16/h7-13H,26H2,1-6H3,(H2,27,28,29,31,32). The minimum absolute atomic E-state index is 0.222. The second-order valence-corrected chi connectivity index (χ2v) is 9.75. The summed E-state index contributed by atoms with van der Waals surface area (Å²) in [6.07, 6.45) is -1.74. The fraction of sp³-hybridized carbons (Fsp3) is 0.333. The van der Waals surface area contributed by atoms with Gasteiger partial charge in [0.1, 0.15) is 17.0 Å². The number of nitrogens with two attached hydrogens (primary N) is 1. The van der Waals surface area contributed by atoms with Gasteiger partial charge >= 0.3 is 18.2 Å². The van der Waals surface area contributed by atoms with Crippen LogP contribution in [0.3, 0.4) is 0 Å². The Hall–Kier alpha value is -3.79. The second kappa shape index (κ2) is 11.1. The molecule has 0 bridgehead atoms. The predicted octanol–water partition coefficient (Wildman–Crippen LogP) is 5.37. The topological polar surface area (TPSA) is 141 Å². The number of carbonyl (C=O) groups excluding carboxylic acids is 3. The maximum absolute atomic E-state index is 12.4. The number of nitrogen functional groups attached to an aromatic ring is 1. The van der Waals surface area contributed by atoms with E-state index in [0.717, 1.165) is 0 Å². The zero-order valence-corrected chi connectivity index (χ0v) is 21.1. The van der Waals surface area contributed by atoms with Crippen molar-refractivity contribution in [2.45, 2.75) is 52.7 Å². The van der Waals surface area contributed by atoms with Crippen molar-refractivity contribution in [2.24, 2.45) is 4.99 Å². The maximum atomic E-state index is 12.4. The van der Waals surface area contributed by atoms with Crippen molar-refractivity contribution in [2.75, 3.05) is 11.1 Å². The summed E-state index contributed by atoms with van der Waals surface area (Å²) in [5.74, 6) is -0.600. The van der Waals surface area contributed by atoms with E-state index < -0.39 is 29.4 Å². The van der Waals surface area contributed by atoms with Gasteiger partial charge in [0.15, 0.2) is 0 Å². The summed E-state index contributed by atoms with van der Waals surface area (Å²) in [5, 5.41) is 5.44. The Labute approximate surface area is 208 Å². The van der Waals surface area contributed by atoms with E-state index >= 15 is 0 Å². The summed E-state index contributed by atoms with van der Waals surface area (Å²) in [7, 11) is 0. The van der Waals surface area contributed by atoms with Gasteiger partial charge in [-0.25, -0.2) is 14.4 Å². The van der Waals surface area contributed by atoms with Crippen molar-refractivity contribution in [1.82, 2.24) is 5.32 Å². The Morgan fingerprint density at radius 1 is 0.914 bits per heavy atom. The molecule has 0 aliphatic heterocycles. The summed E-state index contributed by atoms with van der Waals surface area (Å²) in [6, 6.07) is 10.5. The van der Waals surface area contributed by atoms with Crippen LogP contribution in [-0.4, -0.2) is 35.3 Å². The van der Waals surface area contributed by atoms with Gasteiger partial charge in [-0.2, -0.15) is 0 Å². The summed E-state index contributed by atoms with van der Waals surface area (Å²) in [6.45, 7) is 10.1. The third-order valence-electron chi connectivity index (χ3n) is 3.78. The van der Waals surface area contributed by atoms with Gasteiger partial charge in [-0.1, -0.05) is 11.6 Å². The molecule has 0 spiro atoms. The number of aliphatic imine (C=N–C) groups is 1. The van der Waals surface area contributed by atoms with Crippen molar-refractivity contribution < 1.29 is 28.6 Å². The van der Waals surface area contributed by atoms with E-state index in [0.29, 0.717) is 11.4 Å². The first-order chi connectivity index (χ1) is 16.1. The van der Waals surface area contributed by atoms with Crippen LogP contribution in [-0.2, 0) is 9.47 Å². The summed E-state index contributed by atoms with van der Waals surface area (Å²) >= 11 is 5.95. The molecule has 0 aliphatic rings. The molecule has 0 saturated heterocycles. The van der Waals surface area contributed by atoms with Crippen LogP contribution >= 0.6 is 11.6 Å². The first kappa shape index (κ1) is 27.5. The van der Waals surface area contributed by atoms with Crippen molar-refractivity contribution >= 4 is 47.1 Å². The highest BCUT2D eigenvalue weighted by atomic mass is 35.5. The molecular formula is C24H29ClN4O6. The highest BCUT2D eigenvalue weighted by Gasteiger charge is 2.20. The van der Waals surface area contributed by atoms with Crippen LogP contribution in [0.4, 0.5) is 21.0 Å². The number of hydrogen-bond acceptors (Lipinski definition) is 7. The van der Waals surface area contributed by atoms with E-state index in [-0.39, 0.29) is 22.3 Å². The first-order valence-electron chi connectivity index (χ1n) is 10.6. The largest absolute Gasteiger partial charge is 0.444 e. The van der Waals surface area contributed by atoms with E-state index in [4.69, 9.17) is 31.5 Å². The lowest BCUT2D eigenvalue weighted by Crippen LogP contribution is -2.40. The monoisotopic (exact) mass is 504 g/mol. The first-order valence-corrected chi connectivity index (χ1v) is 10.9. The number of halogens is 1. The number of carbonyl (C=O) groups is 3. The molecule has 2 aromatic carbocycles. The molecule has 11 heteroatoms. The van der Waals surface area contributed by atoms with Crippen LogP contribution < -0.4 is 21.1 Å². The lowest BCUT2D eigenvalue weighted by Gasteiger charge is -2.21. The van der Waals surface area contributed by atoms with Crippen LogP contribution in [0.2, 0.25) is 5.02 Å². The van der Waals surface area contributed by atoms with E-state index in [2.05, 4.69) is 15.6 Å². The Morgan fingerprint density at radius 3 is 2.06 bits per heavy atom. The van der Waals surface area contributed by atoms with E-state index in [9.17, 15) is 14.4 Å². The molecule has 0 saturated carbocycles. The molecule has 0 aromatic heterocycles. The van der Waals surface area contributed by atoms with Gasteiger partial charge in [-0.3, -0.25) is 5.32 Å². The van der Waals surface area contributed by atoms with Crippen molar-refractivity contribution in [3.05, 3.63) is 53.1 Å². The molecular weight excluding hydrogens is 476 g/mol. The van der Waals surface area contributed by atoms with Crippen LogP contribution in [0.15, 0.2) is 47.5 Å². The molecule has 0 unspecified atom stereocenters. The van der Waals surface area contributed by atoms with Crippen LogP contribution in [0.1, 0.15) is 51.9 Å². The number of benzene rings is 2. The lowest BCUT2D eigenvalue weighted by molar-refractivity contribution is 0.0561.